The molecule has 3 N–H and O–H groups in total. The van der Waals surface area contributed by atoms with Gasteiger partial charge in [-0.05, 0) is 51.1 Å². The van der Waals surface area contributed by atoms with E-state index in [9.17, 15) is 4.79 Å². The first-order valence-electron chi connectivity index (χ1n) is 8.44. The molecule has 3 unspecified atom stereocenters. The highest BCUT2D eigenvalue weighted by Gasteiger charge is 2.26. The van der Waals surface area contributed by atoms with E-state index in [0.717, 1.165) is 25.9 Å². The molecule has 2 rings (SSSR count). The predicted octanol–water partition coefficient (Wildman–Crippen LogP) is 1.88. The summed E-state index contributed by atoms with van der Waals surface area (Å²) in [5.74, 6) is 0.849. The number of carbonyl (C=O) groups excluding carboxylic acids is 1. The van der Waals surface area contributed by atoms with E-state index >= 15 is 0 Å². The third kappa shape index (κ3) is 4.45. The number of hydrogen-bond donors (Lipinski definition) is 2. The largest absolute Gasteiger partial charge is 0.352 e. The normalized spacial score (nSPS) is 32.0. The molecule has 1 saturated carbocycles. The van der Waals surface area contributed by atoms with Gasteiger partial charge in [-0.1, -0.05) is 26.2 Å². The second kappa shape index (κ2) is 7.99. The van der Waals surface area contributed by atoms with Gasteiger partial charge in [0.05, 0.1) is 6.54 Å². The van der Waals surface area contributed by atoms with E-state index in [4.69, 9.17) is 5.73 Å². The number of amides is 1. The molecule has 116 valence electrons. The van der Waals surface area contributed by atoms with Gasteiger partial charge in [0.25, 0.3) is 0 Å². The van der Waals surface area contributed by atoms with Crippen molar-refractivity contribution in [3.05, 3.63) is 0 Å². The molecule has 2 fully saturated rings. The minimum atomic E-state index is 0.215. The van der Waals surface area contributed by atoms with Crippen LogP contribution in [0.3, 0.4) is 0 Å². The van der Waals surface area contributed by atoms with Gasteiger partial charge in [-0.3, -0.25) is 9.69 Å². The zero-order chi connectivity index (χ0) is 14.4. The van der Waals surface area contributed by atoms with Crippen molar-refractivity contribution < 1.29 is 4.79 Å². The number of nitrogens with two attached hydrogens (primary N) is 1. The molecule has 1 saturated heterocycles. The van der Waals surface area contributed by atoms with Gasteiger partial charge < -0.3 is 11.1 Å². The Balaban J connectivity index is 1.80. The molecule has 1 amide bonds. The van der Waals surface area contributed by atoms with Crippen molar-refractivity contribution in [2.24, 2.45) is 11.7 Å². The molecule has 0 aromatic rings. The molecule has 0 spiro atoms. The van der Waals surface area contributed by atoms with Crippen LogP contribution in [0.5, 0.6) is 0 Å². The van der Waals surface area contributed by atoms with E-state index < -0.39 is 0 Å². The average molecular weight is 281 g/mol. The van der Waals surface area contributed by atoms with E-state index in [0.29, 0.717) is 24.5 Å². The third-order valence-electron chi connectivity index (χ3n) is 5.05. The van der Waals surface area contributed by atoms with Crippen molar-refractivity contribution in [2.45, 2.75) is 70.4 Å². The van der Waals surface area contributed by atoms with Crippen LogP contribution in [0.2, 0.25) is 0 Å². The maximum atomic E-state index is 12.3. The lowest BCUT2D eigenvalue weighted by molar-refractivity contribution is -0.124. The van der Waals surface area contributed by atoms with Crippen LogP contribution in [0.15, 0.2) is 0 Å². The molecule has 0 bridgehead atoms. The number of likely N-dealkylation sites (tertiary alicyclic amines) is 1. The first kappa shape index (κ1) is 15.8. The lowest BCUT2D eigenvalue weighted by Crippen LogP contribution is -2.49. The zero-order valence-corrected chi connectivity index (χ0v) is 12.9. The van der Waals surface area contributed by atoms with Crippen LogP contribution in [0, 0.1) is 5.92 Å². The molecule has 3 atom stereocenters. The van der Waals surface area contributed by atoms with Crippen molar-refractivity contribution in [3.8, 4) is 0 Å². The van der Waals surface area contributed by atoms with Crippen LogP contribution < -0.4 is 11.1 Å². The molecular weight excluding hydrogens is 250 g/mol. The van der Waals surface area contributed by atoms with E-state index in [1.807, 2.05) is 0 Å². The third-order valence-corrected chi connectivity index (χ3v) is 5.05. The minimum absolute atomic E-state index is 0.215. The van der Waals surface area contributed by atoms with Gasteiger partial charge in [-0.15, -0.1) is 0 Å². The number of nitrogens with one attached hydrogen (secondary N) is 1. The molecule has 0 aromatic carbocycles. The standard InChI is InChI=1S/C16H31N3O/c1-13-6-2-3-8-15(13)18-16(20)12-19-11-5-4-7-14(19)9-10-17/h13-15H,2-12,17H2,1H3,(H,18,20). The summed E-state index contributed by atoms with van der Waals surface area (Å²) in [4.78, 5) is 14.6. The summed E-state index contributed by atoms with van der Waals surface area (Å²) >= 11 is 0. The van der Waals surface area contributed by atoms with Crippen molar-refractivity contribution in [2.75, 3.05) is 19.6 Å². The summed E-state index contributed by atoms with van der Waals surface area (Å²) < 4.78 is 0. The molecular formula is C16H31N3O. The van der Waals surface area contributed by atoms with Gasteiger partial charge in [0.15, 0.2) is 0 Å². The maximum Gasteiger partial charge on any atom is 0.234 e. The molecule has 20 heavy (non-hydrogen) atoms. The fourth-order valence-corrected chi connectivity index (χ4v) is 3.76. The summed E-state index contributed by atoms with van der Waals surface area (Å²) in [6.45, 7) is 4.61. The first-order valence-corrected chi connectivity index (χ1v) is 8.44. The molecule has 4 heteroatoms. The Morgan fingerprint density at radius 2 is 1.95 bits per heavy atom. The smallest absolute Gasteiger partial charge is 0.234 e. The van der Waals surface area contributed by atoms with Crippen LogP contribution in [0.25, 0.3) is 0 Å². The summed E-state index contributed by atoms with van der Waals surface area (Å²) in [5.41, 5.74) is 5.69. The number of nitrogens with zero attached hydrogens (tertiary/aromatic N) is 1. The Labute approximate surface area is 123 Å². The summed E-state index contributed by atoms with van der Waals surface area (Å²) in [6, 6.07) is 0.914. The van der Waals surface area contributed by atoms with Crippen molar-refractivity contribution in [1.82, 2.24) is 10.2 Å². The lowest BCUT2D eigenvalue weighted by Gasteiger charge is -2.36. The highest BCUT2D eigenvalue weighted by Crippen LogP contribution is 2.24. The average Bonchev–Trinajstić information content (AvgIpc) is 2.44. The van der Waals surface area contributed by atoms with Gasteiger partial charge in [0, 0.05) is 12.1 Å². The minimum Gasteiger partial charge on any atom is -0.352 e. The number of carbonyl (C=O) groups is 1. The highest BCUT2D eigenvalue weighted by molar-refractivity contribution is 5.78. The quantitative estimate of drug-likeness (QED) is 0.809. The maximum absolute atomic E-state index is 12.3. The predicted molar refractivity (Wildman–Crippen MR) is 82.4 cm³/mol. The Morgan fingerprint density at radius 3 is 2.70 bits per heavy atom. The monoisotopic (exact) mass is 281 g/mol. The number of hydrogen-bond acceptors (Lipinski definition) is 3. The zero-order valence-electron chi connectivity index (χ0n) is 12.9. The summed E-state index contributed by atoms with van der Waals surface area (Å²) in [7, 11) is 0. The van der Waals surface area contributed by atoms with E-state index in [-0.39, 0.29) is 5.91 Å². The lowest BCUT2D eigenvalue weighted by atomic mass is 9.86. The van der Waals surface area contributed by atoms with Gasteiger partial charge in [0.2, 0.25) is 5.91 Å². The molecule has 1 aliphatic carbocycles. The summed E-state index contributed by atoms with van der Waals surface area (Å²) in [6.07, 6.45) is 9.70. The van der Waals surface area contributed by atoms with E-state index in [1.54, 1.807) is 0 Å². The fourth-order valence-electron chi connectivity index (χ4n) is 3.76. The fraction of sp³-hybridized carbons (Fsp3) is 0.938. The van der Waals surface area contributed by atoms with Crippen molar-refractivity contribution in [3.63, 3.8) is 0 Å². The summed E-state index contributed by atoms with van der Waals surface area (Å²) in [5, 5.41) is 3.27. The van der Waals surface area contributed by atoms with Crippen LogP contribution >= 0.6 is 0 Å². The Bertz CT molecular complexity index is 306. The molecule has 1 aliphatic heterocycles. The van der Waals surface area contributed by atoms with E-state index in [2.05, 4.69) is 17.1 Å². The Kier molecular flexibility index (Phi) is 6.30. The second-order valence-corrected chi connectivity index (χ2v) is 6.63. The van der Waals surface area contributed by atoms with Gasteiger partial charge in [-0.2, -0.15) is 0 Å². The topological polar surface area (TPSA) is 58.4 Å². The van der Waals surface area contributed by atoms with Crippen molar-refractivity contribution in [1.29, 1.82) is 0 Å². The number of piperidine rings is 1. The van der Waals surface area contributed by atoms with Crippen LogP contribution in [-0.4, -0.2) is 42.5 Å². The van der Waals surface area contributed by atoms with Gasteiger partial charge >= 0.3 is 0 Å². The van der Waals surface area contributed by atoms with Crippen LogP contribution in [-0.2, 0) is 4.79 Å². The SMILES string of the molecule is CC1CCCCC1NC(=O)CN1CCCCC1CCN. The van der Waals surface area contributed by atoms with Gasteiger partial charge in [0.1, 0.15) is 0 Å². The van der Waals surface area contributed by atoms with Crippen molar-refractivity contribution >= 4 is 5.91 Å². The Hall–Kier alpha value is -0.610. The molecule has 0 aromatic heterocycles. The van der Waals surface area contributed by atoms with Crippen LogP contribution in [0.4, 0.5) is 0 Å². The number of rotatable bonds is 5. The second-order valence-electron chi connectivity index (χ2n) is 6.63. The highest BCUT2D eigenvalue weighted by atomic mass is 16.2. The van der Waals surface area contributed by atoms with E-state index in [1.165, 1.54) is 38.5 Å². The molecule has 2 aliphatic rings. The molecule has 0 radical (unpaired) electrons. The first-order chi connectivity index (χ1) is 9.70. The van der Waals surface area contributed by atoms with Crippen LogP contribution in [0.1, 0.15) is 58.3 Å². The van der Waals surface area contributed by atoms with Gasteiger partial charge in [-0.25, -0.2) is 0 Å². The molecule has 4 nitrogen and oxygen atoms in total. The molecule has 1 heterocycles. The Morgan fingerprint density at radius 1 is 1.20 bits per heavy atom.